The van der Waals surface area contributed by atoms with Crippen molar-refractivity contribution in [3.63, 3.8) is 0 Å². The lowest BCUT2D eigenvalue weighted by Crippen LogP contribution is -2.15. The van der Waals surface area contributed by atoms with E-state index < -0.39 is 5.63 Å². The summed E-state index contributed by atoms with van der Waals surface area (Å²) in [5.41, 5.74) is 2.17. The van der Waals surface area contributed by atoms with Crippen molar-refractivity contribution in [1.82, 2.24) is 0 Å². The smallest absolute Gasteiger partial charge is 0.343 e. The molecule has 3 rings (SSSR count). The van der Waals surface area contributed by atoms with E-state index in [1.54, 1.807) is 0 Å². The molecular weight excluding hydrogens is 416 g/mol. The lowest BCUT2D eigenvalue weighted by molar-refractivity contribution is 0.397. The molecule has 4 heteroatoms. The van der Waals surface area contributed by atoms with Gasteiger partial charge in [0.2, 0.25) is 0 Å². The summed E-state index contributed by atoms with van der Waals surface area (Å²) >= 11 is 3.45. The lowest BCUT2D eigenvalue weighted by Gasteiger charge is -2.17. The average molecular weight is 441 g/mol. The Balaban J connectivity index is 1.75. The van der Waals surface area contributed by atoms with E-state index in [4.69, 9.17) is 4.42 Å². The zero-order valence-electron chi connectivity index (χ0n) is 16.0. The third kappa shape index (κ3) is 4.74. The van der Waals surface area contributed by atoms with Crippen LogP contribution in [0.5, 0.6) is 5.75 Å². The summed E-state index contributed by atoms with van der Waals surface area (Å²) in [6.07, 6.45) is 4.16. The van der Waals surface area contributed by atoms with Gasteiger partial charge in [0.05, 0.1) is 10.0 Å². The minimum atomic E-state index is -0.450. The van der Waals surface area contributed by atoms with Crippen LogP contribution in [-0.4, -0.2) is 5.11 Å². The zero-order valence-corrected chi connectivity index (χ0v) is 17.6. The van der Waals surface area contributed by atoms with Gasteiger partial charge in [0.15, 0.2) is 0 Å². The maximum atomic E-state index is 12.7. The molecule has 0 aliphatic rings. The molecule has 1 heterocycles. The minimum Gasteiger partial charge on any atom is -0.506 e. The van der Waals surface area contributed by atoms with Crippen LogP contribution in [0.4, 0.5) is 0 Å². The fourth-order valence-corrected chi connectivity index (χ4v) is 4.07. The van der Waals surface area contributed by atoms with Crippen LogP contribution in [0.15, 0.2) is 74.3 Å². The molecule has 1 unspecified atom stereocenters. The Morgan fingerprint density at radius 1 is 0.964 bits per heavy atom. The molecule has 146 valence electrons. The van der Waals surface area contributed by atoms with Gasteiger partial charge in [-0.1, -0.05) is 67.6 Å². The van der Waals surface area contributed by atoms with Gasteiger partial charge < -0.3 is 9.52 Å². The van der Waals surface area contributed by atoms with Crippen molar-refractivity contribution in [1.29, 1.82) is 0 Å². The Hall–Kier alpha value is -2.33. The normalized spacial score (nSPS) is 12.1. The number of benzene rings is 2. The number of unbranched alkanes of at least 4 members (excludes halogenated alkanes) is 1. The van der Waals surface area contributed by atoms with Gasteiger partial charge in [0, 0.05) is 12.3 Å². The largest absolute Gasteiger partial charge is 0.506 e. The van der Waals surface area contributed by atoms with Crippen LogP contribution < -0.4 is 5.63 Å². The third-order valence-electron chi connectivity index (χ3n) is 5.06. The Labute approximate surface area is 174 Å². The van der Waals surface area contributed by atoms with Crippen molar-refractivity contribution in [3.05, 3.63) is 98.0 Å². The zero-order chi connectivity index (χ0) is 19.9. The van der Waals surface area contributed by atoms with Crippen LogP contribution >= 0.6 is 15.9 Å². The first-order chi connectivity index (χ1) is 13.6. The highest BCUT2D eigenvalue weighted by Gasteiger charge is 2.25. The molecule has 0 saturated heterocycles. The van der Waals surface area contributed by atoms with E-state index in [2.05, 4.69) is 28.1 Å². The number of hydrogen-bond donors (Lipinski definition) is 1. The molecule has 0 amide bonds. The molecule has 1 atom stereocenters. The Bertz CT molecular complexity index is 949. The van der Waals surface area contributed by atoms with E-state index in [1.165, 1.54) is 5.56 Å². The molecule has 2 aromatic carbocycles. The maximum Gasteiger partial charge on any atom is 0.343 e. The molecule has 0 aliphatic heterocycles. The van der Waals surface area contributed by atoms with E-state index in [0.717, 1.165) is 24.8 Å². The molecule has 0 saturated carbocycles. The second-order valence-corrected chi connectivity index (χ2v) is 7.75. The summed E-state index contributed by atoms with van der Waals surface area (Å²) in [7, 11) is 0. The van der Waals surface area contributed by atoms with Gasteiger partial charge >= 0.3 is 5.63 Å². The molecule has 1 aromatic heterocycles. The Kier molecular flexibility index (Phi) is 7.10. The molecule has 28 heavy (non-hydrogen) atoms. The highest BCUT2D eigenvalue weighted by atomic mass is 79.9. The van der Waals surface area contributed by atoms with Gasteiger partial charge in [0.1, 0.15) is 11.5 Å². The third-order valence-corrected chi connectivity index (χ3v) is 5.88. The van der Waals surface area contributed by atoms with Crippen molar-refractivity contribution in [2.24, 2.45) is 0 Å². The monoisotopic (exact) mass is 440 g/mol. The van der Waals surface area contributed by atoms with Gasteiger partial charge in [-0.25, -0.2) is 4.79 Å². The van der Waals surface area contributed by atoms with E-state index in [1.807, 2.05) is 55.5 Å². The lowest BCUT2D eigenvalue weighted by atomic mass is 9.89. The van der Waals surface area contributed by atoms with Gasteiger partial charge in [0.25, 0.3) is 0 Å². The first-order valence-electron chi connectivity index (χ1n) is 9.75. The summed E-state index contributed by atoms with van der Waals surface area (Å²) in [5.74, 6) is 0.327. The SMILES string of the molecule is CCC(c1ccccc1)c1c(O)c(Br)c(CCCCc2ccccc2)oc1=O. The fraction of sp³-hybridized carbons (Fsp3) is 0.292. The van der Waals surface area contributed by atoms with Crippen molar-refractivity contribution >= 4 is 15.9 Å². The number of hydrogen-bond acceptors (Lipinski definition) is 3. The van der Waals surface area contributed by atoms with Gasteiger partial charge in [-0.2, -0.15) is 0 Å². The van der Waals surface area contributed by atoms with Crippen LogP contribution in [0.3, 0.4) is 0 Å². The number of aromatic hydroxyl groups is 1. The second-order valence-electron chi connectivity index (χ2n) is 6.95. The average Bonchev–Trinajstić information content (AvgIpc) is 2.73. The minimum absolute atomic E-state index is 0.00464. The summed E-state index contributed by atoms with van der Waals surface area (Å²) in [6, 6.07) is 20.1. The molecule has 0 spiro atoms. The maximum absolute atomic E-state index is 12.7. The second kappa shape index (κ2) is 9.74. The first kappa shape index (κ1) is 20.4. The molecule has 0 radical (unpaired) electrons. The highest BCUT2D eigenvalue weighted by molar-refractivity contribution is 9.10. The van der Waals surface area contributed by atoms with Crippen LogP contribution in [0.1, 0.15) is 54.6 Å². The van der Waals surface area contributed by atoms with Gasteiger partial charge in [-0.3, -0.25) is 0 Å². The predicted octanol–water partition coefficient (Wildman–Crippen LogP) is 6.22. The first-order valence-corrected chi connectivity index (χ1v) is 10.5. The highest BCUT2D eigenvalue weighted by Crippen LogP contribution is 2.37. The Morgan fingerprint density at radius 3 is 2.21 bits per heavy atom. The Morgan fingerprint density at radius 2 is 1.57 bits per heavy atom. The molecule has 3 aromatic rings. The predicted molar refractivity (Wildman–Crippen MR) is 116 cm³/mol. The van der Waals surface area contributed by atoms with E-state index >= 15 is 0 Å². The standard InChI is InChI=1S/C24H25BrO3/c1-2-19(18-14-7-4-8-15-18)21-23(26)22(25)20(28-24(21)27)16-10-9-13-17-11-5-3-6-12-17/h3-8,11-12,14-15,19,26H,2,9-10,13,16H2,1H3. The van der Waals surface area contributed by atoms with Gasteiger partial charge in [-0.05, 0) is 52.7 Å². The summed E-state index contributed by atoms with van der Waals surface area (Å²) in [6.45, 7) is 2.00. The van der Waals surface area contributed by atoms with Crippen LogP contribution in [0.2, 0.25) is 0 Å². The number of rotatable bonds is 8. The van der Waals surface area contributed by atoms with E-state index in [-0.39, 0.29) is 11.7 Å². The van der Waals surface area contributed by atoms with E-state index in [0.29, 0.717) is 28.6 Å². The molecule has 0 fully saturated rings. The van der Waals surface area contributed by atoms with Crippen molar-refractivity contribution < 1.29 is 9.52 Å². The quantitative estimate of drug-likeness (QED) is 0.423. The molecule has 1 N–H and O–H groups in total. The van der Waals surface area contributed by atoms with Gasteiger partial charge in [-0.15, -0.1) is 0 Å². The topological polar surface area (TPSA) is 50.4 Å². The fourth-order valence-electron chi connectivity index (χ4n) is 3.58. The summed E-state index contributed by atoms with van der Waals surface area (Å²) in [5, 5.41) is 10.7. The molecule has 0 aliphatic carbocycles. The van der Waals surface area contributed by atoms with E-state index in [9.17, 15) is 9.90 Å². The van der Waals surface area contributed by atoms with Crippen molar-refractivity contribution in [3.8, 4) is 5.75 Å². The van der Waals surface area contributed by atoms with Crippen molar-refractivity contribution in [2.75, 3.05) is 0 Å². The number of aryl methyl sites for hydroxylation is 2. The van der Waals surface area contributed by atoms with Crippen LogP contribution in [-0.2, 0) is 12.8 Å². The number of halogens is 1. The summed E-state index contributed by atoms with van der Waals surface area (Å²) < 4.78 is 6.11. The molecule has 3 nitrogen and oxygen atoms in total. The molecular formula is C24H25BrO3. The van der Waals surface area contributed by atoms with Crippen LogP contribution in [0, 0.1) is 0 Å². The van der Waals surface area contributed by atoms with Crippen molar-refractivity contribution in [2.45, 2.75) is 44.9 Å². The van der Waals surface area contributed by atoms with Crippen LogP contribution in [0.25, 0.3) is 0 Å². The summed E-state index contributed by atoms with van der Waals surface area (Å²) in [4.78, 5) is 12.7. The molecule has 0 bridgehead atoms.